The molecule has 0 aromatic heterocycles. The number of nitrogens with two attached hydrogens (primary N) is 1. The lowest BCUT2D eigenvalue weighted by atomic mass is 10.1. The topological polar surface area (TPSA) is 64.3 Å². The maximum absolute atomic E-state index is 11.8. The minimum atomic E-state index is -0.490. The van der Waals surface area contributed by atoms with Crippen LogP contribution in [0.15, 0.2) is 36.4 Å². The molecule has 2 aromatic carbocycles. The van der Waals surface area contributed by atoms with E-state index < -0.39 is 5.97 Å². The van der Waals surface area contributed by atoms with Gasteiger partial charge in [-0.25, -0.2) is 4.79 Å². The van der Waals surface area contributed by atoms with E-state index >= 15 is 0 Å². The van der Waals surface area contributed by atoms with Crippen LogP contribution in [0.3, 0.4) is 0 Å². The van der Waals surface area contributed by atoms with E-state index in [9.17, 15) is 4.79 Å². The number of methoxy groups -OCH3 is 1. The van der Waals surface area contributed by atoms with Gasteiger partial charge >= 0.3 is 5.97 Å². The van der Waals surface area contributed by atoms with Crippen molar-refractivity contribution in [1.82, 2.24) is 0 Å². The van der Waals surface area contributed by atoms with Gasteiger partial charge in [-0.05, 0) is 30.7 Å². The van der Waals surface area contributed by atoms with Crippen molar-refractivity contribution < 1.29 is 9.53 Å². The van der Waals surface area contributed by atoms with E-state index in [1.807, 2.05) is 31.2 Å². The molecule has 2 rings (SSSR count). The first-order valence-corrected chi connectivity index (χ1v) is 6.40. The molecule has 0 saturated carbocycles. The summed E-state index contributed by atoms with van der Waals surface area (Å²) in [6, 6.07) is 10.8. The number of ether oxygens (including phenoxy) is 1. The van der Waals surface area contributed by atoms with Crippen LogP contribution in [0.2, 0.25) is 5.02 Å². The van der Waals surface area contributed by atoms with Crippen LogP contribution in [-0.4, -0.2) is 13.1 Å². The Labute approximate surface area is 122 Å². The molecule has 0 amide bonds. The molecule has 0 bridgehead atoms. The van der Waals surface area contributed by atoms with Crippen LogP contribution in [-0.2, 0) is 4.74 Å². The smallest absolute Gasteiger partial charge is 0.340 e. The number of anilines is 3. The molecule has 0 unspecified atom stereocenters. The Morgan fingerprint density at radius 1 is 1.30 bits per heavy atom. The van der Waals surface area contributed by atoms with Gasteiger partial charge in [0.1, 0.15) is 0 Å². The molecular weight excluding hydrogens is 276 g/mol. The number of hydrogen-bond donors (Lipinski definition) is 2. The highest BCUT2D eigenvalue weighted by molar-refractivity contribution is 6.34. The minimum Gasteiger partial charge on any atom is -0.465 e. The van der Waals surface area contributed by atoms with E-state index in [4.69, 9.17) is 22.1 Å². The van der Waals surface area contributed by atoms with Gasteiger partial charge in [0, 0.05) is 11.4 Å². The fourth-order valence-electron chi connectivity index (χ4n) is 1.87. The third-order valence-electron chi connectivity index (χ3n) is 2.92. The summed E-state index contributed by atoms with van der Waals surface area (Å²) in [6.07, 6.45) is 0. The summed E-state index contributed by atoms with van der Waals surface area (Å²) < 4.78 is 4.76. The lowest BCUT2D eigenvalue weighted by Crippen LogP contribution is -2.07. The first kappa shape index (κ1) is 14.2. The number of para-hydroxylation sites is 1. The lowest BCUT2D eigenvalue weighted by Gasteiger charge is -2.15. The zero-order valence-electron chi connectivity index (χ0n) is 11.2. The molecule has 20 heavy (non-hydrogen) atoms. The van der Waals surface area contributed by atoms with Crippen LogP contribution < -0.4 is 11.1 Å². The quantitative estimate of drug-likeness (QED) is 0.667. The Kier molecular flexibility index (Phi) is 4.15. The van der Waals surface area contributed by atoms with Crippen molar-refractivity contribution in [1.29, 1.82) is 0 Å². The molecule has 0 spiro atoms. The highest BCUT2D eigenvalue weighted by Crippen LogP contribution is 2.33. The molecule has 104 valence electrons. The highest BCUT2D eigenvalue weighted by atomic mass is 35.5. The fourth-order valence-corrected chi connectivity index (χ4v) is 2.15. The number of rotatable bonds is 3. The Balaban J connectivity index is 2.50. The zero-order chi connectivity index (χ0) is 14.7. The van der Waals surface area contributed by atoms with Gasteiger partial charge < -0.3 is 15.8 Å². The van der Waals surface area contributed by atoms with Gasteiger partial charge in [0.15, 0.2) is 0 Å². The standard InChI is InChI=1S/C15H15ClN2O2/c1-9-5-3-4-6-13(9)18-14-11(15(19)20-2)7-10(17)8-12(14)16/h3-8,18H,17H2,1-2H3. The Bertz CT molecular complexity index is 656. The fraction of sp³-hybridized carbons (Fsp3) is 0.133. The number of halogens is 1. The first-order chi connectivity index (χ1) is 9.52. The number of carbonyl (C=O) groups is 1. The average molecular weight is 291 g/mol. The second kappa shape index (κ2) is 5.84. The van der Waals surface area contributed by atoms with Crippen molar-refractivity contribution in [3.63, 3.8) is 0 Å². The molecule has 4 nitrogen and oxygen atoms in total. The van der Waals surface area contributed by atoms with Gasteiger partial charge in [0.05, 0.1) is 23.4 Å². The third kappa shape index (κ3) is 2.86. The van der Waals surface area contributed by atoms with E-state index in [0.29, 0.717) is 22.0 Å². The predicted molar refractivity (Wildman–Crippen MR) is 81.7 cm³/mol. The van der Waals surface area contributed by atoms with Gasteiger partial charge in [-0.2, -0.15) is 0 Å². The summed E-state index contributed by atoms with van der Waals surface area (Å²) in [5.41, 5.74) is 8.83. The normalized spacial score (nSPS) is 10.2. The van der Waals surface area contributed by atoms with Crippen LogP contribution in [0.1, 0.15) is 15.9 Å². The molecule has 0 aliphatic carbocycles. The first-order valence-electron chi connectivity index (χ1n) is 6.03. The molecule has 0 aliphatic rings. The number of nitrogen functional groups attached to an aromatic ring is 1. The summed E-state index contributed by atoms with van der Waals surface area (Å²) in [4.78, 5) is 11.8. The second-order valence-electron chi connectivity index (χ2n) is 4.36. The highest BCUT2D eigenvalue weighted by Gasteiger charge is 2.16. The average Bonchev–Trinajstić information content (AvgIpc) is 2.42. The summed E-state index contributed by atoms with van der Waals surface area (Å²) in [5.74, 6) is -0.490. The van der Waals surface area contributed by atoms with Crippen molar-refractivity contribution in [2.45, 2.75) is 6.92 Å². The molecule has 0 heterocycles. The largest absolute Gasteiger partial charge is 0.465 e. The number of nitrogens with one attached hydrogen (secondary N) is 1. The number of carbonyl (C=O) groups excluding carboxylic acids is 1. The maximum atomic E-state index is 11.8. The van der Waals surface area contributed by atoms with Crippen molar-refractivity contribution in [2.24, 2.45) is 0 Å². The lowest BCUT2D eigenvalue weighted by molar-refractivity contribution is 0.0602. The number of hydrogen-bond acceptors (Lipinski definition) is 4. The van der Waals surface area contributed by atoms with Crippen LogP contribution >= 0.6 is 11.6 Å². The summed E-state index contributed by atoms with van der Waals surface area (Å²) >= 11 is 6.19. The number of esters is 1. The van der Waals surface area contributed by atoms with E-state index in [0.717, 1.165) is 11.3 Å². The molecule has 0 radical (unpaired) electrons. The summed E-state index contributed by atoms with van der Waals surface area (Å²) in [6.45, 7) is 1.96. The predicted octanol–water partition coefficient (Wildman–Crippen LogP) is 3.76. The molecule has 0 saturated heterocycles. The molecule has 0 atom stereocenters. The van der Waals surface area contributed by atoms with Gasteiger partial charge in [-0.1, -0.05) is 29.8 Å². The van der Waals surface area contributed by atoms with Gasteiger partial charge in [-0.3, -0.25) is 0 Å². The summed E-state index contributed by atoms with van der Waals surface area (Å²) in [7, 11) is 1.32. The summed E-state index contributed by atoms with van der Waals surface area (Å²) in [5, 5.41) is 3.53. The second-order valence-corrected chi connectivity index (χ2v) is 4.76. The van der Waals surface area contributed by atoms with Crippen molar-refractivity contribution in [2.75, 3.05) is 18.2 Å². The third-order valence-corrected chi connectivity index (χ3v) is 3.22. The number of benzene rings is 2. The van der Waals surface area contributed by atoms with Crippen molar-refractivity contribution in [3.8, 4) is 0 Å². The van der Waals surface area contributed by atoms with Gasteiger partial charge in [0.2, 0.25) is 0 Å². The molecule has 3 N–H and O–H groups in total. The Morgan fingerprint density at radius 3 is 2.65 bits per heavy atom. The SMILES string of the molecule is COC(=O)c1cc(N)cc(Cl)c1Nc1ccccc1C. The van der Waals surface area contributed by atoms with Crippen LogP contribution in [0.4, 0.5) is 17.1 Å². The number of aryl methyl sites for hydroxylation is 1. The maximum Gasteiger partial charge on any atom is 0.340 e. The van der Waals surface area contributed by atoms with Crippen molar-refractivity contribution >= 4 is 34.6 Å². The van der Waals surface area contributed by atoms with E-state index in [1.54, 1.807) is 12.1 Å². The van der Waals surface area contributed by atoms with Gasteiger partial charge in [-0.15, -0.1) is 0 Å². The Hall–Kier alpha value is -2.20. The Morgan fingerprint density at radius 2 is 2.00 bits per heavy atom. The minimum absolute atomic E-state index is 0.306. The zero-order valence-corrected chi connectivity index (χ0v) is 12.0. The monoisotopic (exact) mass is 290 g/mol. The van der Waals surface area contributed by atoms with E-state index in [-0.39, 0.29) is 0 Å². The van der Waals surface area contributed by atoms with Crippen molar-refractivity contribution in [3.05, 3.63) is 52.5 Å². The molecule has 2 aromatic rings. The van der Waals surface area contributed by atoms with Crippen LogP contribution in [0.25, 0.3) is 0 Å². The van der Waals surface area contributed by atoms with Crippen LogP contribution in [0.5, 0.6) is 0 Å². The van der Waals surface area contributed by atoms with E-state index in [2.05, 4.69) is 5.32 Å². The molecule has 0 fully saturated rings. The molecule has 0 aliphatic heterocycles. The van der Waals surface area contributed by atoms with Gasteiger partial charge in [0.25, 0.3) is 0 Å². The molecule has 5 heteroatoms. The molecular formula is C15H15ClN2O2. The van der Waals surface area contributed by atoms with E-state index in [1.165, 1.54) is 7.11 Å². The van der Waals surface area contributed by atoms with Crippen LogP contribution in [0, 0.1) is 6.92 Å².